The van der Waals surface area contributed by atoms with E-state index in [1.165, 1.54) is 6.08 Å². The first kappa shape index (κ1) is 15.1. The van der Waals surface area contributed by atoms with Crippen molar-refractivity contribution in [2.24, 2.45) is 0 Å². The molecule has 1 N–H and O–H groups in total. The second-order valence-corrected chi connectivity index (χ2v) is 3.10. The van der Waals surface area contributed by atoms with E-state index in [1.807, 2.05) is 13.0 Å². The first-order valence-electron chi connectivity index (χ1n) is 4.55. The van der Waals surface area contributed by atoms with Gasteiger partial charge in [0.25, 0.3) is 0 Å². The molecule has 1 aliphatic heterocycles. The van der Waals surface area contributed by atoms with Crippen LogP contribution < -0.4 is 0 Å². The number of hydrogen-bond acceptors (Lipinski definition) is 3. The molecule has 0 spiro atoms. The topological polar surface area (TPSA) is 64.3 Å². The zero-order chi connectivity index (χ0) is 11.4. The minimum atomic E-state index is -1.09. The Balaban J connectivity index is 0.00000225. The van der Waals surface area contributed by atoms with Crippen molar-refractivity contribution in [2.75, 3.05) is 6.54 Å². The molecule has 1 heterocycles. The number of allylic oxidation sites excluding steroid dienone is 1. The number of nitrogens with zero attached hydrogens (tertiary/aromatic N) is 2. The molecular weight excluding hydrogens is 281 g/mol. The van der Waals surface area contributed by atoms with Crippen LogP contribution in [-0.2, 0) is 37.5 Å². The first-order valence-corrected chi connectivity index (χ1v) is 4.55. The smallest absolute Gasteiger partial charge is 0.249 e. The van der Waals surface area contributed by atoms with Gasteiger partial charge in [-0.3, -0.25) is 0 Å². The monoisotopic (exact) mass is 292 g/mol. The summed E-state index contributed by atoms with van der Waals surface area (Å²) in [6.45, 7) is 6.29. The molecule has 0 saturated heterocycles. The molecule has 0 unspecified atom stereocenters. The van der Waals surface area contributed by atoms with Gasteiger partial charge in [-0.15, -0.1) is 12.7 Å². The van der Waals surface area contributed by atoms with Crippen molar-refractivity contribution in [3.05, 3.63) is 35.7 Å². The third kappa shape index (κ3) is 3.29. The van der Waals surface area contributed by atoms with Crippen LogP contribution in [0.15, 0.2) is 29.5 Å². The molecule has 0 amide bonds. The number of nitriles is 1. The summed E-state index contributed by atoms with van der Waals surface area (Å²) in [4.78, 5) is 12.3. The van der Waals surface area contributed by atoms with Crippen molar-refractivity contribution in [1.29, 1.82) is 5.26 Å². The molecule has 81 valence electrons. The van der Waals surface area contributed by atoms with E-state index in [0.717, 1.165) is 6.42 Å². The maximum atomic E-state index is 10.8. The van der Waals surface area contributed by atoms with Crippen LogP contribution in [-0.4, -0.2) is 22.5 Å². The SMILES string of the molecule is C=C1C(C#N)=CC(C(=O)O)=[C-]N1CCC.[Y]. The average molecular weight is 292 g/mol. The fourth-order valence-corrected chi connectivity index (χ4v) is 1.24. The van der Waals surface area contributed by atoms with Gasteiger partial charge in [0.15, 0.2) is 0 Å². The number of rotatable bonds is 3. The molecule has 0 aromatic rings. The van der Waals surface area contributed by atoms with Crippen molar-refractivity contribution in [1.82, 2.24) is 4.90 Å². The van der Waals surface area contributed by atoms with Crippen LogP contribution >= 0.6 is 0 Å². The average Bonchev–Trinajstić information content (AvgIpc) is 2.21. The summed E-state index contributed by atoms with van der Waals surface area (Å²) in [5.74, 6) is -1.09. The summed E-state index contributed by atoms with van der Waals surface area (Å²) in [7, 11) is 0. The minimum absolute atomic E-state index is 0. The van der Waals surface area contributed by atoms with E-state index in [0.29, 0.717) is 12.2 Å². The summed E-state index contributed by atoms with van der Waals surface area (Å²) in [5.41, 5.74) is 0.774. The number of aliphatic carboxylic acids is 1. The predicted octanol–water partition coefficient (Wildman–Crippen LogP) is 1.44. The number of carboxylic acid groups (broad SMARTS) is 1. The van der Waals surface area contributed by atoms with Crippen LogP contribution in [0.4, 0.5) is 0 Å². The van der Waals surface area contributed by atoms with Crippen LogP contribution in [0.1, 0.15) is 13.3 Å². The molecule has 0 aliphatic carbocycles. The molecule has 4 nitrogen and oxygen atoms in total. The maximum Gasteiger partial charge on any atom is 0.249 e. The summed E-state index contributed by atoms with van der Waals surface area (Å²) in [6.07, 6.45) is 4.81. The van der Waals surface area contributed by atoms with Crippen LogP contribution in [0.3, 0.4) is 0 Å². The second kappa shape index (κ2) is 6.62. The Hall–Kier alpha value is -0.916. The fourth-order valence-electron chi connectivity index (χ4n) is 1.24. The third-order valence-corrected chi connectivity index (χ3v) is 1.98. The van der Waals surface area contributed by atoms with Crippen molar-refractivity contribution in [3.8, 4) is 6.07 Å². The van der Waals surface area contributed by atoms with E-state index in [9.17, 15) is 4.79 Å². The second-order valence-electron chi connectivity index (χ2n) is 3.10. The maximum absolute atomic E-state index is 10.8. The Bertz CT molecular complexity index is 405. The Labute approximate surface area is 120 Å². The zero-order valence-electron chi connectivity index (χ0n) is 9.03. The van der Waals surface area contributed by atoms with Gasteiger partial charge in [-0.05, 0) is 23.3 Å². The summed E-state index contributed by atoms with van der Waals surface area (Å²) in [5, 5.41) is 17.6. The Morgan fingerprint density at radius 3 is 2.81 bits per heavy atom. The Morgan fingerprint density at radius 1 is 1.75 bits per heavy atom. The molecule has 0 fully saturated rings. The van der Waals surface area contributed by atoms with E-state index in [-0.39, 0.29) is 43.9 Å². The summed E-state index contributed by atoms with van der Waals surface area (Å²) >= 11 is 0. The largest absolute Gasteiger partial charge is 0.521 e. The van der Waals surface area contributed by atoms with Gasteiger partial charge in [-0.2, -0.15) is 5.26 Å². The molecule has 0 aromatic carbocycles. The molecule has 0 bridgehead atoms. The molecule has 16 heavy (non-hydrogen) atoms. The van der Waals surface area contributed by atoms with Crippen molar-refractivity contribution in [2.45, 2.75) is 13.3 Å². The van der Waals surface area contributed by atoms with Gasteiger partial charge in [-0.25, -0.2) is 0 Å². The molecule has 0 saturated carbocycles. The van der Waals surface area contributed by atoms with Crippen LogP contribution in [0.25, 0.3) is 0 Å². The predicted molar refractivity (Wildman–Crippen MR) is 54.2 cm³/mol. The van der Waals surface area contributed by atoms with Gasteiger partial charge < -0.3 is 14.8 Å². The van der Waals surface area contributed by atoms with Gasteiger partial charge in [0.05, 0.1) is 6.07 Å². The molecule has 1 aliphatic rings. The van der Waals surface area contributed by atoms with E-state index in [1.54, 1.807) is 4.90 Å². The minimum Gasteiger partial charge on any atom is -0.521 e. The Kier molecular flexibility index (Phi) is 6.24. The summed E-state index contributed by atoms with van der Waals surface area (Å²) < 4.78 is 0. The van der Waals surface area contributed by atoms with E-state index >= 15 is 0 Å². The van der Waals surface area contributed by atoms with Crippen molar-refractivity contribution < 1.29 is 42.6 Å². The molecule has 0 atom stereocenters. The number of carbonyl (C=O) groups is 1. The van der Waals surface area contributed by atoms with Gasteiger partial charge in [0.1, 0.15) is 0 Å². The van der Waals surface area contributed by atoms with Gasteiger partial charge in [0.2, 0.25) is 5.97 Å². The van der Waals surface area contributed by atoms with E-state index < -0.39 is 5.97 Å². The normalized spacial score (nSPS) is 14.5. The van der Waals surface area contributed by atoms with Crippen molar-refractivity contribution >= 4 is 5.97 Å². The van der Waals surface area contributed by atoms with Gasteiger partial charge in [-0.1, -0.05) is 13.1 Å². The molecular formula is C11H11N2O2Y-. The van der Waals surface area contributed by atoms with E-state index in [4.69, 9.17) is 10.4 Å². The Morgan fingerprint density at radius 2 is 2.38 bits per heavy atom. The van der Waals surface area contributed by atoms with Crippen LogP contribution in [0, 0.1) is 17.5 Å². The van der Waals surface area contributed by atoms with E-state index in [2.05, 4.69) is 12.8 Å². The van der Waals surface area contributed by atoms with Crippen LogP contribution in [0.5, 0.6) is 0 Å². The van der Waals surface area contributed by atoms with Crippen molar-refractivity contribution in [3.63, 3.8) is 0 Å². The molecule has 1 radical (unpaired) electrons. The molecule has 0 aromatic heterocycles. The fraction of sp³-hybridized carbons (Fsp3) is 0.273. The first-order chi connectivity index (χ1) is 7.10. The molecule has 1 rings (SSSR count). The number of carboxylic acids is 1. The molecule has 5 heteroatoms. The summed E-state index contributed by atoms with van der Waals surface area (Å²) in [6, 6.07) is 1.92. The quantitative estimate of drug-likeness (QED) is 0.800. The van der Waals surface area contributed by atoms with Gasteiger partial charge in [0, 0.05) is 39.3 Å². The standard InChI is InChI=1S/C11H11N2O2.Y/c1-3-4-13-7-10(11(14)15)5-9(6-12)8(13)2;/h5H,2-4H2,1H3,(H,14,15);/q-1;. The third-order valence-electron chi connectivity index (χ3n) is 1.98. The van der Waals surface area contributed by atoms with Crippen LogP contribution in [0.2, 0.25) is 0 Å². The number of hydrogen-bond donors (Lipinski definition) is 1. The van der Waals surface area contributed by atoms with Gasteiger partial charge >= 0.3 is 0 Å². The zero-order valence-corrected chi connectivity index (χ0v) is 11.9.